The standard InChI is InChI=1S/C23H25N3/c1-22(2)18-9-7-6-8-16(18)21(26-23(22,3)4)15-10-11-20-17(14-15)19(24-5)12-13-25-20/h6-14H,1-5H3,(H,24,25). The number of nitrogens with zero attached hydrogens (tertiary/aromatic N) is 2. The average molecular weight is 343 g/mol. The fourth-order valence-electron chi connectivity index (χ4n) is 3.78. The molecule has 0 fully saturated rings. The molecule has 4 rings (SSSR count). The average Bonchev–Trinajstić information content (AvgIpc) is 2.64. The number of fused-ring (bicyclic) bond motifs is 2. The zero-order chi connectivity index (χ0) is 18.5. The minimum absolute atomic E-state index is 0.0262. The van der Waals surface area contributed by atoms with Gasteiger partial charge in [0.15, 0.2) is 0 Å². The molecule has 0 unspecified atom stereocenters. The molecule has 2 aromatic carbocycles. The summed E-state index contributed by atoms with van der Waals surface area (Å²) < 4.78 is 0. The van der Waals surface area contributed by atoms with Crippen LogP contribution in [0.1, 0.15) is 44.4 Å². The molecule has 0 aliphatic carbocycles. The summed E-state index contributed by atoms with van der Waals surface area (Å²) in [4.78, 5) is 9.71. The summed E-state index contributed by atoms with van der Waals surface area (Å²) in [7, 11) is 1.94. The normalized spacial score (nSPS) is 17.5. The lowest BCUT2D eigenvalue weighted by Crippen LogP contribution is -2.46. The van der Waals surface area contributed by atoms with Crippen LogP contribution in [-0.2, 0) is 5.41 Å². The number of hydrogen-bond donors (Lipinski definition) is 1. The maximum Gasteiger partial charge on any atom is 0.0729 e. The minimum atomic E-state index is -0.188. The van der Waals surface area contributed by atoms with E-state index in [2.05, 4.69) is 80.5 Å². The zero-order valence-corrected chi connectivity index (χ0v) is 16.1. The maximum absolute atomic E-state index is 5.22. The highest BCUT2D eigenvalue weighted by atomic mass is 14.9. The van der Waals surface area contributed by atoms with Gasteiger partial charge in [-0.15, -0.1) is 0 Å². The molecule has 0 amide bonds. The number of pyridine rings is 1. The van der Waals surface area contributed by atoms with Crippen molar-refractivity contribution < 1.29 is 0 Å². The third-order valence-corrected chi connectivity index (χ3v) is 6.06. The van der Waals surface area contributed by atoms with Crippen molar-refractivity contribution in [2.45, 2.75) is 38.6 Å². The fourth-order valence-corrected chi connectivity index (χ4v) is 3.78. The highest BCUT2D eigenvalue weighted by Gasteiger charge is 2.43. The SMILES string of the molecule is CNc1ccnc2ccc(C3=NC(C)(C)C(C)(C)c4ccccc43)cc12. The molecule has 3 aromatic rings. The van der Waals surface area contributed by atoms with Crippen molar-refractivity contribution in [3.63, 3.8) is 0 Å². The Kier molecular flexibility index (Phi) is 3.65. The second-order valence-electron chi connectivity index (χ2n) is 8.03. The molecule has 0 radical (unpaired) electrons. The summed E-state index contributed by atoms with van der Waals surface area (Å²) >= 11 is 0. The van der Waals surface area contributed by atoms with Crippen molar-refractivity contribution in [2.75, 3.05) is 12.4 Å². The molecule has 1 aliphatic heterocycles. The number of anilines is 1. The third-order valence-electron chi connectivity index (χ3n) is 6.06. The van der Waals surface area contributed by atoms with Crippen LogP contribution in [0.25, 0.3) is 10.9 Å². The van der Waals surface area contributed by atoms with Crippen molar-refractivity contribution in [2.24, 2.45) is 4.99 Å². The van der Waals surface area contributed by atoms with Crippen LogP contribution in [0.4, 0.5) is 5.69 Å². The minimum Gasteiger partial charge on any atom is -0.388 e. The number of benzene rings is 2. The predicted molar refractivity (Wildman–Crippen MR) is 110 cm³/mol. The summed E-state index contributed by atoms with van der Waals surface area (Å²) in [5.41, 5.74) is 6.65. The third kappa shape index (κ3) is 2.34. The summed E-state index contributed by atoms with van der Waals surface area (Å²) in [6.45, 7) is 9.03. The molecule has 3 heteroatoms. The molecule has 0 bridgehead atoms. The second kappa shape index (κ2) is 5.66. The summed E-state index contributed by atoms with van der Waals surface area (Å²) in [5, 5.41) is 4.39. The van der Waals surface area contributed by atoms with Crippen LogP contribution in [0.5, 0.6) is 0 Å². The van der Waals surface area contributed by atoms with Crippen molar-refractivity contribution >= 4 is 22.3 Å². The quantitative estimate of drug-likeness (QED) is 0.696. The lowest BCUT2D eigenvalue weighted by molar-refractivity contribution is 0.303. The van der Waals surface area contributed by atoms with E-state index in [0.717, 1.165) is 27.9 Å². The van der Waals surface area contributed by atoms with Gasteiger partial charge in [0.05, 0.1) is 16.8 Å². The van der Waals surface area contributed by atoms with Crippen LogP contribution in [0.3, 0.4) is 0 Å². The Hall–Kier alpha value is -2.68. The number of nitrogens with one attached hydrogen (secondary N) is 1. The van der Waals surface area contributed by atoms with E-state index in [9.17, 15) is 0 Å². The van der Waals surface area contributed by atoms with E-state index in [0.29, 0.717) is 0 Å². The van der Waals surface area contributed by atoms with Gasteiger partial charge in [0, 0.05) is 40.9 Å². The number of hydrogen-bond acceptors (Lipinski definition) is 3. The van der Waals surface area contributed by atoms with Gasteiger partial charge in [0.2, 0.25) is 0 Å². The van der Waals surface area contributed by atoms with Gasteiger partial charge in [-0.2, -0.15) is 0 Å². The predicted octanol–water partition coefficient (Wildman–Crippen LogP) is 5.18. The van der Waals surface area contributed by atoms with Crippen LogP contribution in [0.2, 0.25) is 0 Å². The first kappa shape index (κ1) is 16.8. The first-order valence-electron chi connectivity index (χ1n) is 9.12. The summed E-state index contributed by atoms with van der Waals surface area (Å²) in [6, 6.07) is 17.1. The molecule has 2 heterocycles. The zero-order valence-electron chi connectivity index (χ0n) is 16.1. The molecule has 132 valence electrons. The number of aliphatic imine (C=N–C) groups is 1. The van der Waals surface area contributed by atoms with Gasteiger partial charge in [0.1, 0.15) is 0 Å². The van der Waals surface area contributed by atoms with E-state index in [4.69, 9.17) is 4.99 Å². The van der Waals surface area contributed by atoms with Crippen LogP contribution >= 0.6 is 0 Å². The van der Waals surface area contributed by atoms with E-state index >= 15 is 0 Å². The molecule has 3 nitrogen and oxygen atoms in total. The highest BCUT2D eigenvalue weighted by molar-refractivity contribution is 6.16. The van der Waals surface area contributed by atoms with E-state index in [-0.39, 0.29) is 11.0 Å². The Morgan fingerprint density at radius 3 is 2.46 bits per heavy atom. The first-order chi connectivity index (χ1) is 12.3. The molecule has 1 aromatic heterocycles. The summed E-state index contributed by atoms with van der Waals surface area (Å²) in [6.07, 6.45) is 1.84. The molecule has 0 saturated carbocycles. The lowest BCUT2D eigenvalue weighted by atomic mass is 9.66. The van der Waals surface area contributed by atoms with E-state index < -0.39 is 0 Å². The Bertz CT molecular complexity index is 1030. The van der Waals surface area contributed by atoms with E-state index in [1.54, 1.807) is 0 Å². The van der Waals surface area contributed by atoms with Gasteiger partial charge in [0.25, 0.3) is 0 Å². The summed E-state index contributed by atoms with van der Waals surface area (Å²) in [5.74, 6) is 0. The Morgan fingerprint density at radius 1 is 0.923 bits per heavy atom. The van der Waals surface area contributed by atoms with Gasteiger partial charge < -0.3 is 5.32 Å². The molecule has 0 saturated heterocycles. The Labute approximate surface area is 155 Å². The van der Waals surface area contributed by atoms with E-state index in [1.807, 2.05) is 19.3 Å². The van der Waals surface area contributed by atoms with Crippen LogP contribution in [0, 0.1) is 0 Å². The maximum atomic E-state index is 5.22. The van der Waals surface area contributed by atoms with Crippen molar-refractivity contribution in [1.82, 2.24) is 4.98 Å². The Morgan fingerprint density at radius 2 is 1.69 bits per heavy atom. The van der Waals surface area contributed by atoms with Gasteiger partial charge in [-0.1, -0.05) is 44.2 Å². The molecular weight excluding hydrogens is 318 g/mol. The number of rotatable bonds is 2. The van der Waals surface area contributed by atoms with Crippen LogP contribution in [-0.4, -0.2) is 23.3 Å². The van der Waals surface area contributed by atoms with Gasteiger partial charge in [-0.3, -0.25) is 9.98 Å². The van der Waals surface area contributed by atoms with E-state index in [1.165, 1.54) is 11.1 Å². The van der Waals surface area contributed by atoms with Gasteiger partial charge in [-0.25, -0.2) is 0 Å². The Balaban J connectivity index is 1.98. The molecule has 1 N–H and O–H groups in total. The molecule has 26 heavy (non-hydrogen) atoms. The van der Waals surface area contributed by atoms with Gasteiger partial charge in [-0.05, 0) is 37.6 Å². The fraction of sp³-hybridized carbons (Fsp3) is 0.304. The smallest absolute Gasteiger partial charge is 0.0729 e. The molecular formula is C23H25N3. The largest absolute Gasteiger partial charge is 0.388 e. The number of aromatic nitrogens is 1. The monoisotopic (exact) mass is 343 g/mol. The van der Waals surface area contributed by atoms with Gasteiger partial charge >= 0.3 is 0 Å². The topological polar surface area (TPSA) is 37.3 Å². The molecule has 0 atom stereocenters. The van der Waals surface area contributed by atoms with Crippen LogP contribution < -0.4 is 5.32 Å². The lowest BCUT2D eigenvalue weighted by Gasteiger charge is -2.44. The highest BCUT2D eigenvalue weighted by Crippen LogP contribution is 2.44. The molecule has 0 spiro atoms. The first-order valence-corrected chi connectivity index (χ1v) is 9.12. The van der Waals surface area contributed by atoms with Crippen molar-refractivity contribution in [3.8, 4) is 0 Å². The van der Waals surface area contributed by atoms with Crippen molar-refractivity contribution in [1.29, 1.82) is 0 Å². The van der Waals surface area contributed by atoms with Crippen LogP contribution in [0.15, 0.2) is 59.7 Å². The van der Waals surface area contributed by atoms with Crippen molar-refractivity contribution in [3.05, 3.63) is 71.4 Å². The second-order valence-corrected chi connectivity index (χ2v) is 8.03. The molecule has 1 aliphatic rings.